The van der Waals surface area contributed by atoms with Crippen molar-refractivity contribution in [3.8, 4) is 11.9 Å². The molecule has 0 radical (unpaired) electrons. The first kappa shape index (κ1) is 21.8. The van der Waals surface area contributed by atoms with E-state index in [1.54, 1.807) is 0 Å². The number of alkyl halides is 3. The number of sulfonamides is 1. The molecular weight excluding hydrogens is 427 g/mol. The van der Waals surface area contributed by atoms with Crippen LogP contribution in [-0.2, 0) is 14.8 Å². The summed E-state index contributed by atoms with van der Waals surface area (Å²) in [5, 5.41) is 12.0. The number of aromatic nitrogens is 2. The molecule has 9 nitrogen and oxygen atoms in total. The molecule has 1 fully saturated rings. The van der Waals surface area contributed by atoms with E-state index in [9.17, 15) is 26.9 Å². The van der Waals surface area contributed by atoms with Crippen molar-refractivity contribution in [2.75, 3.05) is 25.1 Å². The molecule has 13 heteroatoms. The maximum Gasteiger partial charge on any atom is 0.402 e. The van der Waals surface area contributed by atoms with Crippen LogP contribution in [0.2, 0.25) is 0 Å². The van der Waals surface area contributed by atoms with Crippen LogP contribution in [0.15, 0.2) is 35.4 Å². The van der Waals surface area contributed by atoms with E-state index in [2.05, 4.69) is 15.3 Å². The molecule has 0 bridgehead atoms. The fourth-order valence-electron chi connectivity index (χ4n) is 2.46. The second kappa shape index (κ2) is 8.82. The maximum absolute atomic E-state index is 12.2. The second-order valence-corrected chi connectivity index (χ2v) is 7.98. The summed E-state index contributed by atoms with van der Waals surface area (Å²) in [7, 11) is -4.31. The highest BCUT2D eigenvalue weighted by atomic mass is 32.2. The van der Waals surface area contributed by atoms with Crippen LogP contribution in [0.5, 0.6) is 5.88 Å². The Morgan fingerprint density at radius 2 is 2.03 bits per heavy atom. The summed E-state index contributed by atoms with van der Waals surface area (Å²) >= 11 is 0. The highest BCUT2D eigenvalue weighted by Crippen LogP contribution is 2.23. The molecule has 1 saturated heterocycles. The lowest BCUT2D eigenvalue weighted by atomic mass is 10.3. The molecule has 0 saturated carbocycles. The number of benzene rings is 1. The minimum Gasteiger partial charge on any atom is -0.471 e. The molecule has 2 aromatic rings. The standard InChI is InChI=1S/C17H16F3N5O4S/c18-17(19,20)10-23-30(26,27)14-3-1-12(2-4-14)24-16-22-8-11(7-21)15(25-16)29-13-5-6-28-9-13/h1-4,8,13,23H,5-6,9-10H2,(H,22,24,25). The smallest absolute Gasteiger partial charge is 0.402 e. The van der Waals surface area contributed by atoms with E-state index in [0.717, 1.165) is 12.1 Å². The Morgan fingerprint density at radius 1 is 1.30 bits per heavy atom. The molecule has 30 heavy (non-hydrogen) atoms. The molecular formula is C17H16F3N5O4S. The van der Waals surface area contributed by atoms with Gasteiger partial charge in [0.05, 0.1) is 24.3 Å². The van der Waals surface area contributed by atoms with Crippen LogP contribution >= 0.6 is 0 Å². The maximum atomic E-state index is 12.2. The quantitative estimate of drug-likeness (QED) is 0.666. The molecule has 0 amide bonds. The van der Waals surface area contributed by atoms with Crippen molar-refractivity contribution in [1.29, 1.82) is 5.26 Å². The number of halogens is 3. The Labute approximate surface area is 169 Å². The van der Waals surface area contributed by atoms with E-state index >= 15 is 0 Å². The molecule has 1 atom stereocenters. The largest absolute Gasteiger partial charge is 0.471 e. The summed E-state index contributed by atoms with van der Waals surface area (Å²) in [4.78, 5) is 7.82. The highest BCUT2D eigenvalue weighted by Gasteiger charge is 2.30. The normalized spacial score (nSPS) is 16.8. The van der Waals surface area contributed by atoms with Gasteiger partial charge >= 0.3 is 6.18 Å². The van der Waals surface area contributed by atoms with Crippen molar-refractivity contribution in [2.24, 2.45) is 0 Å². The third-order valence-electron chi connectivity index (χ3n) is 3.92. The van der Waals surface area contributed by atoms with Gasteiger partial charge in [0.25, 0.3) is 0 Å². The van der Waals surface area contributed by atoms with Crippen LogP contribution in [0.4, 0.5) is 24.8 Å². The van der Waals surface area contributed by atoms with E-state index in [1.807, 2.05) is 6.07 Å². The Balaban J connectivity index is 1.71. The Kier molecular flexibility index (Phi) is 6.40. The summed E-state index contributed by atoms with van der Waals surface area (Å²) in [5.74, 6) is 0.176. The minimum atomic E-state index is -4.66. The van der Waals surface area contributed by atoms with Crippen molar-refractivity contribution in [1.82, 2.24) is 14.7 Å². The van der Waals surface area contributed by atoms with Gasteiger partial charge in [-0.15, -0.1) is 0 Å². The average Bonchev–Trinajstić information content (AvgIpc) is 3.20. The van der Waals surface area contributed by atoms with E-state index in [4.69, 9.17) is 9.47 Å². The van der Waals surface area contributed by atoms with Crippen molar-refractivity contribution in [3.05, 3.63) is 36.0 Å². The zero-order valence-corrected chi connectivity index (χ0v) is 16.1. The van der Waals surface area contributed by atoms with Gasteiger partial charge in [-0.3, -0.25) is 0 Å². The Bertz CT molecular complexity index is 1030. The van der Waals surface area contributed by atoms with Gasteiger partial charge in [0.2, 0.25) is 21.9 Å². The van der Waals surface area contributed by atoms with Gasteiger partial charge in [-0.05, 0) is 24.3 Å². The molecule has 3 rings (SSSR count). The number of rotatable bonds is 7. The Hall–Kier alpha value is -2.95. The summed E-state index contributed by atoms with van der Waals surface area (Å²) in [6, 6.07) is 6.89. The number of anilines is 2. The van der Waals surface area contributed by atoms with Gasteiger partial charge in [0.1, 0.15) is 24.3 Å². The molecule has 0 aliphatic carbocycles. The van der Waals surface area contributed by atoms with E-state index in [0.29, 0.717) is 25.3 Å². The molecule has 1 aliphatic heterocycles. The number of hydrogen-bond acceptors (Lipinski definition) is 8. The third-order valence-corrected chi connectivity index (χ3v) is 5.34. The predicted octanol–water partition coefficient (Wildman–Crippen LogP) is 2.10. The van der Waals surface area contributed by atoms with E-state index in [-0.39, 0.29) is 28.4 Å². The zero-order valence-electron chi connectivity index (χ0n) is 15.3. The number of hydrogen-bond donors (Lipinski definition) is 2. The molecule has 0 spiro atoms. The Morgan fingerprint density at radius 3 is 2.63 bits per heavy atom. The fraction of sp³-hybridized carbons (Fsp3) is 0.353. The van der Waals surface area contributed by atoms with Crippen LogP contribution in [0, 0.1) is 11.3 Å². The monoisotopic (exact) mass is 443 g/mol. The first-order valence-corrected chi connectivity index (χ1v) is 10.1. The number of nitrogens with one attached hydrogen (secondary N) is 2. The van der Waals surface area contributed by atoms with Gasteiger partial charge < -0.3 is 14.8 Å². The summed E-state index contributed by atoms with van der Waals surface area (Å²) in [5.41, 5.74) is 0.522. The van der Waals surface area contributed by atoms with Gasteiger partial charge in [0.15, 0.2) is 0 Å². The van der Waals surface area contributed by atoms with Gasteiger partial charge in [-0.2, -0.15) is 23.4 Å². The topological polar surface area (TPSA) is 126 Å². The van der Waals surface area contributed by atoms with Crippen molar-refractivity contribution >= 4 is 21.7 Å². The molecule has 2 heterocycles. The number of nitriles is 1. The van der Waals surface area contributed by atoms with Crippen LogP contribution in [0.1, 0.15) is 12.0 Å². The lowest BCUT2D eigenvalue weighted by molar-refractivity contribution is -0.121. The van der Waals surface area contributed by atoms with Gasteiger partial charge in [-0.1, -0.05) is 0 Å². The lowest BCUT2D eigenvalue weighted by Gasteiger charge is -2.13. The molecule has 1 aromatic heterocycles. The second-order valence-electron chi connectivity index (χ2n) is 6.22. The van der Waals surface area contributed by atoms with E-state index < -0.39 is 22.7 Å². The zero-order chi connectivity index (χ0) is 21.8. The van der Waals surface area contributed by atoms with Crippen LogP contribution in [0.3, 0.4) is 0 Å². The van der Waals surface area contributed by atoms with Crippen molar-refractivity contribution in [3.63, 3.8) is 0 Å². The average molecular weight is 443 g/mol. The highest BCUT2D eigenvalue weighted by molar-refractivity contribution is 7.89. The van der Waals surface area contributed by atoms with Gasteiger partial charge in [0, 0.05) is 12.1 Å². The number of nitrogens with zero attached hydrogens (tertiary/aromatic N) is 3. The summed E-state index contributed by atoms with van der Waals surface area (Å²) < 4.78 is 72.9. The van der Waals surface area contributed by atoms with Crippen molar-refractivity contribution in [2.45, 2.75) is 23.6 Å². The minimum absolute atomic E-state index is 0.0843. The first-order chi connectivity index (χ1) is 14.2. The third kappa shape index (κ3) is 5.78. The SMILES string of the molecule is N#Cc1cnc(Nc2ccc(S(=O)(=O)NCC(F)(F)F)cc2)nc1OC1CCOC1. The molecule has 1 aliphatic rings. The molecule has 2 N–H and O–H groups in total. The van der Waals surface area contributed by atoms with Crippen molar-refractivity contribution < 1.29 is 31.1 Å². The summed E-state index contributed by atoms with van der Waals surface area (Å²) in [6.07, 6.45) is -2.95. The molecule has 1 unspecified atom stereocenters. The lowest BCUT2D eigenvalue weighted by Crippen LogP contribution is -2.33. The predicted molar refractivity (Wildman–Crippen MR) is 97.6 cm³/mol. The first-order valence-electron chi connectivity index (χ1n) is 8.61. The van der Waals surface area contributed by atoms with Crippen LogP contribution in [0.25, 0.3) is 0 Å². The van der Waals surface area contributed by atoms with Crippen LogP contribution < -0.4 is 14.8 Å². The molecule has 160 valence electrons. The molecule has 1 aromatic carbocycles. The fourth-order valence-corrected chi connectivity index (χ4v) is 3.48. The van der Waals surface area contributed by atoms with E-state index in [1.165, 1.54) is 23.1 Å². The summed E-state index contributed by atoms with van der Waals surface area (Å²) in [6.45, 7) is -0.727. The number of ether oxygens (including phenoxy) is 2. The van der Waals surface area contributed by atoms with Gasteiger partial charge in [-0.25, -0.2) is 18.1 Å². The van der Waals surface area contributed by atoms with Crippen LogP contribution in [-0.4, -0.2) is 50.4 Å².